The van der Waals surface area contributed by atoms with Gasteiger partial charge in [0.05, 0.1) is 17.8 Å². The van der Waals surface area contributed by atoms with Crippen LogP contribution in [0.25, 0.3) is 0 Å². The highest BCUT2D eigenvalue weighted by Gasteiger charge is 2.31. The Morgan fingerprint density at radius 3 is 3.25 bits per heavy atom. The number of hydrogen-bond acceptors (Lipinski definition) is 4. The van der Waals surface area contributed by atoms with Crippen LogP contribution >= 0.6 is 11.8 Å². The van der Waals surface area contributed by atoms with Gasteiger partial charge in [0, 0.05) is 11.0 Å². The predicted octanol–water partition coefficient (Wildman–Crippen LogP) is 1.66. The van der Waals surface area contributed by atoms with Gasteiger partial charge in [-0.25, -0.2) is 4.79 Å². The average molecular weight is 235 g/mol. The van der Waals surface area contributed by atoms with E-state index in [1.54, 1.807) is 16.6 Å². The zero-order chi connectivity index (χ0) is 11.1. The van der Waals surface area contributed by atoms with Gasteiger partial charge in [-0.3, -0.25) is 0 Å². The molecular weight excluding hydrogens is 226 g/mol. The molecule has 5 heteroatoms. The minimum absolute atomic E-state index is 0.335. The SMILES string of the molecule is O=C(O)C1=CSC2=CC3=CCOC=C3CN21. The van der Waals surface area contributed by atoms with Crippen LogP contribution in [0.5, 0.6) is 0 Å². The number of carboxylic acid groups (broad SMARTS) is 1. The fourth-order valence-electron chi connectivity index (χ4n) is 1.87. The van der Waals surface area contributed by atoms with Gasteiger partial charge >= 0.3 is 5.97 Å². The van der Waals surface area contributed by atoms with Gasteiger partial charge in [-0.15, -0.1) is 0 Å². The van der Waals surface area contributed by atoms with Crippen LogP contribution in [0, 0.1) is 0 Å². The van der Waals surface area contributed by atoms with Gasteiger partial charge in [-0.2, -0.15) is 0 Å². The highest BCUT2D eigenvalue weighted by molar-refractivity contribution is 8.06. The lowest BCUT2D eigenvalue weighted by atomic mass is 10.0. The van der Waals surface area contributed by atoms with Crippen molar-refractivity contribution in [1.82, 2.24) is 4.90 Å². The topological polar surface area (TPSA) is 49.8 Å². The van der Waals surface area contributed by atoms with Crippen LogP contribution in [0.3, 0.4) is 0 Å². The van der Waals surface area contributed by atoms with Gasteiger partial charge in [0.25, 0.3) is 0 Å². The largest absolute Gasteiger partial charge is 0.497 e. The molecule has 16 heavy (non-hydrogen) atoms. The second-order valence-corrected chi connectivity index (χ2v) is 4.52. The lowest BCUT2D eigenvalue weighted by molar-refractivity contribution is -0.134. The number of thioether (sulfide) groups is 1. The Morgan fingerprint density at radius 2 is 2.44 bits per heavy atom. The fraction of sp³-hybridized carbons (Fsp3) is 0.182. The van der Waals surface area contributed by atoms with Gasteiger partial charge in [-0.05, 0) is 17.7 Å². The molecule has 0 amide bonds. The van der Waals surface area contributed by atoms with Crippen molar-refractivity contribution in [2.24, 2.45) is 0 Å². The van der Waals surface area contributed by atoms with Crippen molar-refractivity contribution in [3.05, 3.63) is 45.7 Å². The summed E-state index contributed by atoms with van der Waals surface area (Å²) in [5.41, 5.74) is 2.51. The summed E-state index contributed by atoms with van der Waals surface area (Å²) in [5.74, 6) is -0.888. The summed E-state index contributed by atoms with van der Waals surface area (Å²) in [5, 5.41) is 11.7. The smallest absolute Gasteiger partial charge is 0.353 e. The summed E-state index contributed by atoms with van der Waals surface area (Å²) in [6, 6.07) is 0. The fourth-order valence-corrected chi connectivity index (χ4v) is 2.82. The summed E-state index contributed by atoms with van der Waals surface area (Å²) in [6.45, 7) is 1.16. The molecule has 0 aliphatic carbocycles. The molecule has 0 fully saturated rings. The number of hydrogen-bond donors (Lipinski definition) is 1. The molecule has 0 spiro atoms. The van der Waals surface area contributed by atoms with E-state index in [-0.39, 0.29) is 0 Å². The minimum atomic E-state index is -0.888. The van der Waals surface area contributed by atoms with E-state index in [4.69, 9.17) is 9.84 Å². The van der Waals surface area contributed by atoms with Crippen molar-refractivity contribution in [3.8, 4) is 0 Å². The number of nitrogens with zero attached hydrogens (tertiary/aromatic N) is 1. The molecule has 0 saturated carbocycles. The molecule has 0 aromatic rings. The maximum atomic E-state index is 11.0. The van der Waals surface area contributed by atoms with Crippen LogP contribution in [0.15, 0.2) is 45.7 Å². The normalized spacial score (nSPS) is 22.1. The maximum absolute atomic E-state index is 11.0. The quantitative estimate of drug-likeness (QED) is 0.749. The van der Waals surface area contributed by atoms with E-state index in [0.717, 1.165) is 16.2 Å². The van der Waals surface area contributed by atoms with Gasteiger partial charge in [0.1, 0.15) is 12.3 Å². The Hall–Kier alpha value is -1.62. The highest BCUT2D eigenvalue weighted by Crippen LogP contribution is 2.40. The second-order valence-electron chi connectivity index (χ2n) is 3.63. The molecular formula is C11H9NO3S. The third-order valence-corrected chi connectivity index (χ3v) is 3.59. The van der Waals surface area contributed by atoms with Gasteiger partial charge in [0.15, 0.2) is 0 Å². The minimum Gasteiger partial charge on any atom is -0.497 e. The zero-order valence-corrected chi connectivity index (χ0v) is 9.16. The van der Waals surface area contributed by atoms with Crippen LogP contribution in [-0.4, -0.2) is 29.1 Å². The molecule has 3 rings (SSSR count). The second kappa shape index (κ2) is 3.45. The first kappa shape index (κ1) is 9.59. The van der Waals surface area contributed by atoms with E-state index >= 15 is 0 Å². The highest BCUT2D eigenvalue weighted by atomic mass is 32.2. The standard InChI is InChI=1S/C11H9NO3S/c13-11(14)9-6-16-10-3-7-1-2-15-5-8(7)4-12(9)10/h1,3,5-6H,2,4H2,(H,13,14). The Bertz CT molecular complexity index is 487. The average Bonchev–Trinajstić information content (AvgIpc) is 2.68. The summed E-state index contributed by atoms with van der Waals surface area (Å²) in [7, 11) is 0. The number of ether oxygens (including phenoxy) is 1. The number of rotatable bonds is 1. The first-order chi connectivity index (χ1) is 7.75. The first-order valence-electron chi connectivity index (χ1n) is 4.86. The summed E-state index contributed by atoms with van der Waals surface area (Å²) in [4.78, 5) is 12.8. The van der Waals surface area contributed by atoms with E-state index in [1.807, 2.05) is 12.2 Å². The molecule has 1 N–H and O–H groups in total. The molecule has 0 bridgehead atoms. The van der Waals surface area contributed by atoms with Crippen molar-refractivity contribution >= 4 is 17.7 Å². The molecule has 0 aromatic heterocycles. The Morgan fingerprint density at radius 1 is 1.56 bits per heavy atom. The lowest BCUT2D eigenvalue weighted by Gasteiger charge is -2.29. The van der Waals surface area contributed by atoms with E-state index in [1.165, 1.54) is 11.8 Å². The number of carboxylic acids is 1. The van der Waals surface area contributed by atoms with Crippen LogP contribution in [0.2, 0.25) is 0 Å². The van der Waals surface area contributed by atoms with Crippen molar-refractivity contribution in [2.75, 3.05) is 13.2 Å². The molecule has 3 aliphatic heterocycles. The Kier molecular flexibility index (Phi) is 2.07. The molecule has 3 heterocycles. The first-order valence-corrected chi connectivity index (χ1v) is 5.74. The number of carbonyl (C=O) groups is 1. The van der Waals surface area contributed by atoms with Crippen LogP contribution in [0.1, 0.15) is 0 Å². The zero-order valence-electron chi connectivity index (χ0n) is 8.34. The Balaban J connectivity index is 1.99. The molecule has 0 unspecified atom stereocenters. The summed E-state index contributed by atoms with van der Waals surface area (Å²) < 4.78 is 5.22. The molecule has 0 saturated heterocycles. The van der Waals surface area contributed by atoms with E-state index in [9.17, 15) is 4.79 Å². The summed E-state index contributed by atoms with van der Waals surface area (Å²) in [6.07, 6.45) is 5.74. The van der Waals surface area contributed by atoms with Crippen LogP contribution in [0.4, 0.5) is 0 Å². The summed E-state index contributed by atoms with van der Waals surface area (Å²) >= 11 is 1.45. The maximum Gasteiger partial charge on any atom is 0.353 e. The molecule has 0 radical (unpaired) electrons. The van der Waals surface area contributed by atoms with Crippen molar-refractivity contribution in [2.45, 2.75) is 0 Å². The van der Waals surface area contributed by atoms with E-state index in [0.29, 0.717) is 18.8 Å². The molecule has 82 valence electrons. The van der Waals surface area contributed by atoms with Gasteiger partial charge in [0.2, 0.25) is 0 Å². The van der Waals surface area contributed by atoms with Crippen molar-refractivity contribution in [3.63, 3.8) is 0 Å². The lowest BCUT2D eigenvalue weighted by Crippen LogP contribution is -2.28. The van der Waals surface area contributed by atoms with Gasteiger partial charge in [-0.1, -0.05) is 11.8 Å². The monoisotopic (exact) mass is 235 g/mol. The number of allylic oxidation sites excluding steroid dienone is 1. The molecule has 0 atom stereocenters. The number of fused-ring (bicyclic) bond motifs is 2. The van der Waals surface area contributed by atoms with Crippen LogP contribution in [-0.2, 0) is 9.53 Å². The van der Waals surface area contributed by atoms with Crippen LogP contribution < -0.4 is 0 Å². The number of aliphatic carboxylic acids is 1. The van der Waals surface area contributed by atoms with Gasteiger partial charge < -0.3 is 14.7 Å². The third kappa shape index (κ3) is 1.36. The van der Waals surface area contributed by atoms with E-state index < -0.39 is 5.97 Å². The third-order valence-electron chi connectivity index (χ3n) is 2.67. The predicted molar refractivity (Wildman–Crippen MR) is 60.2 cm³/mol. The molecule has 0 aromatic carbocycles. The van der Waals surface area contributed by atoms with E-state index in [2.05, 4.69) is 0 Å². The molecule has 4 nitrogen and oxygen atoms in total. The molecule has 3 aliphatic rings. The Labute approximate surface area is 96.6 Å². The van der Waals surface area contributed by atoms with Crippen molar-refractivity contribution < 1.29 is 14.6 Å². The van der Waals surface area contributed by atoms with Crippen molar-refractivity contribution in [1.29, 1.82) is 0 Å².